The molecule has 0 aliphatic rings. The Balaban J connectivity index is 2.18. The number of rotatable bonds is 6. The Kier molecular flexibility index (Phi) is 4.65. The minimum Gasteiger partial charge on any atom is -0.462 e. The summed E-state index contributed by atoms with van der Waals surface area (Å²) in [5.41, 5.74) is 0. The van der Waals surface area contributed by atoms with Crippen LogP contribution < -0.4 is 5.32 Å². The fourth-order valence-electron chi connectivity index (χ4n) is 1.12. The first-order valence-corrected chi connectivity index (χ1v) is 4.79. The fraction of sp³-hybridized carbons (Fsp3) is 0.600. The lowest BCUT2D eigenvalue weighted by atomic mass is 10.3. The molecule has 80 valence electrons. The maximum absolute atomic E-state index is 9.00. The second-order valence-corrected chi connectivity index (χ2v) is 3.34. The van der Waals surface area contributed by atoms with Crippen molar-refractivity contribution in [1.82, 2.24) is 5.32 Å². The molecule has 1 aromatic heterocycles. The monoisotopic (exact) mass is 199 g/mol. The summed E-state index contributed by atoms with van der Waals surface area (Å²) in [6.07, 6.45) is 0.459. The summed E-state index contributed by atoms with van der Waals surface area (Å²) in [6.45, 7) is 3.09. The summed E-state index contributed by atoms with van der Waals surface area (Å²) >= 11 is 0. The lowest BCUT2D eigenvalue weighted by molar-refractivity contribution is 0.183. The van der Waals surface area contributed by atoms with Crippen molar-refractivity contribution in [2.45, 2.75) is 32.6 Å². The van der Waals surface area contributed by atoms with Crippen molar-refractivity contribution in [3.63, 3.8) is 0 Å². The molecular formula is C10H17NO3. The van der Waals surface area contributed by atoms with E-state index in [1.807, 2.05) is 6.07 Å². The molecule has 14 heavy (non-hydrogen) atoms. The molecule has 4 nitrogen and oxygen atoms in total. The number of hydrogen-bond donors (Lipinski definition) is 3. The summed E-state index contributed by atoms with van der Waals surface area (Å²) in [5.74, 6) is 1.39. The van der Waals surface area contributed by atoms with E-state index in [4.69, 9.17) is 14.6 Å². The molecule has 1 rings (SSSR count). The van der Waals surface area contributed by atoms with E-state index in [2.05, 4.69) is 5.32 Å². The average molecular weight is 199 g/mol. The van der Waals surface area contributed by atoms with Crippen LogP contribution in [0.1, 0.15) is 24.9 Å². The lowest BCUT2D eigenvalue weighted by Gasteiger charge is -2.04. The summed E-state index contributed by atoms with van der Waals surface area (Å²) in [5, 5.41) is 20.9. The predicted octanol–water partition coefficient (Wildman–Crippen LogP) is 0.632. The Morgan fingerprint density at radius 2 is 2.14 bits per heavy atom. The molecule has 1 unspecified atom stereocenters. The van der Waals surface area contributed by atoms with Crippen molar-refractivity contribution in [3.05, 3.63) is 23.7 Å². The molecule has 1 atom stereocenters. The second-order valence-electron chi connectivity index (χ2n) is 3.34. The molecular weight excluding hydrogens is 182 g/mol. The normalized spacial score (nSPS) is 13.1. The van der Waals surface area contributed by atoms with Crippen molar-refractivity contribution < 1.29 is 14.6 Å². The van der Waals surface area contributed by atoms with E-state index >= 15 is 0 Å². The maximum atomic E-state index is 9.00. The van der Waals surface area contributed by atoms with Crippen LogP contribution in [-0.4, -0.2) is 22.9 Å². The van der Waals surface area contributed by atoms with Gasteiger partial charge in [-0.25, -0.2) is 0 Å². The van der Waals surface area contributed by atoms with Crippen LogP contribution in [0.15, 0.2) is 16.5 Å². The van der Waals surface area contributed by atoms with Crippen molar-refractivity contribution >= 4 is 0 Å². The van der Waals surface area contributed by atoms with Crippen molar-refractivity contribution in [2.75, 3.05) is 6.54 Å². The van der Waals surface area contributed by atoms with Crippen molar-refractivity contribution in [2.24, 2.45) is 0 Å². The van der Waals surface area contributed by atoms with E-state index in [0.717, 1.165) is 18.7 Å². The topological polar surface area (TPSA) is 65.6 Å². The summed E-state index contributed by atoms with van der Waals surface area (Å²) in [6, 6.07) is 3.59. The third-order valence-electron chi connectivity index (χ3n) is 1.91. The van der Waals surface area contributed by atoms with Crippen LogP contribution >= 0.6 is 0 Å². The second kappa shape index (κ2) is 5.80. The van der Waals surface area contributed by atoms with E-state index < -0.39 is 0 Å². The van der Waals surface area contributed by atoms with Gasteiger partial charge in [-0.1, -0.05) is 0 Å². The van der Waals surface area contributed by atoms with Crippen molar-refractivity contribution in [1.29, 1.82) is 0 Å². The minimum atomic E-state index is -0.271. The maximum Gasteiger partial charge on any atom is 0.129 e. The highest BCUT2D eigenvalue weighted by Crippen LogP contribution is 2.06. The SMILES string of the molecule is CC(O)CCNCc1ccc(CO)o1. The van der Waals surface area contributed by atoms with Crippen LogP contribution in [0, 0.1) is 0 Å². The number of furan rings is 1. The van der Waals surface area contributed by atoms with Gasteiger partial charge in [0.25, 0.3) is 0 Å². The van der Waals surface area contributed by atoms with Crippen LogP contribution in [0.4, 0.5) is 0 Å². The molecule has 0 aliphatic carbocycles. The molecule has 0 fully saturated rings. The first kappa shape index (κ1) is 11.2. The van der Waals surface area contributed by atoms with Gasteiger partial charge in [0.05, 0.1) is 12.6 Å². The smallest absolute Gasteiger partial charge is 0.129 e. The fourth-order valence-corrected chi connectivity index (χ4v) is 1.12. The van der Waals surface area contributed by atoms with Gasteiger partial charge in [-0.05, 0) is 32.0 Å². The highest BCUT2D eigenvalue weighted by atomic mass is 16.4. The van der Waals surface area contributed by atoms with Gasteiger partial charge in [0.15, 0.2) is 0 Å². The third-order valence-corrected chi connectivity index (χ3v) is 1.91. The highest BCUT2D eigenvalue weighted by molar-refractivity contribution is 5.05. The van der Waals surface area contributed by atoms with Gasteiger partial charge in [0, 0.05) is 0 Å². The van der Waals surface area contributed by atoms with Crippen molar-refractivity contribution in [3.8, 4) is 0 Å². The zero-order valence-corrected chi connectivity index (χ0v) is 8.36. The zero-order valence-electron chi connectivity index (χ0n) is 8.36. The van der Waals surface area contributed by atoms with E-state index in [1.54, 1.807) is 13.0 Å². The molecule has 1 heterocycles. The van der Waals surface area contributed by atoms with E-state index in [9.17, 15) is 0 Å². The zero-order chi connectivity index (χ0) is 10.4. The molecule has 0 radical (unpaired) electrons. The Bertz CT molecular complexity index is 258. The van der Waals surface area contributed by atoms with Crippen LogP contribution in [0.2, 0.25) is 0 Å². The van der Waals surface area contributed by atoms with Gasteiger partial charge < -0.3 is 19.9 Å². The van der Waals surface area contributed by atoms with Gasteiger partial charge in [-0.3, -0.25) is 0 Å². The van der Waals surface area contributed by atoms with Crippen LogP contribution in [0.25, 0.3) is 0 Å². The van der Waals surface area contributed by atoms with Gasteiger partial charge in [-0.15, -0.1) is 0 Å². The Hall–Kier alpha value is -0.840. The third kappa shape index (κ3) is 3.91. The van der Waals surface area contributed by atoms with E-state index in [1.165, 1.54) is 0 Å². The summed E-state index contributed by atoms with van der Waals surface area (Å²) in [4.78, 5) is 0. The molecule has 0 aromatic carbocycles. The molecule has 0 bridgehead atoms. The van der Waals surface area contributed by atoms with Gasteiger partial charge in [-0.2, -0.15) is 0 Å². The number of aliphatic hydroxyl groups excluding tert-OH is 2. The predicted molar refractivity (Wildman–Crippen MR) is 52.6 cm³/mol. The lowest BCUT2D eigenvalue weighted by Crippen LogP contribution is -2.18. The molecule has 0 saturated carbocycles. The Labute approximate surface area is 83.6 Å². The van der Waals surface area contributed by atoms with E-state index in [-0.39, 0.29) is 12.7 Å². The van der Waals surface area contributed by atoms with Gasteiger partial charge in [0.1, 0.15) is 18.1 Å². The largest absolute Gasteiger partial charge is 0.462 e. The van der Waals surface area contributed by atoms with Gasteiger partial charge in [0.2, 0.25) is 0 Å². The quantitative estimate of drug-likeness (QED) is 0.588. The highest BCUT2D eigenvalue weighted by Gasteiger charge is 2.00. The first-order valence-electron chi connectivity index (χ1n) is 4.79. The van der Waals surface area contributed by atoms with Gasteiger partial charge >= 0.3 is 0 Å². The van der Waals surface area contributed by atoms with Crippen LogP contribution in [0.3, 0.4) is 0 Å². The minimum absolute atomic E-state index is 0.0618. The molecule has 0 spiro atoms. The first-order chi connectivity index (χ1) is 6.72. The standard InChI is InChI=1S/C10H17NO3/c1-8(13)4-5-11-6-9-2-3-10(7-12)14-9/h2-3,8,11-13H,4-7H2,1H3. The van der Waals surface area contributed by atoms with Crippen LogP contribution in [-0.2, 0) is 13.2 Å². The Morgan fingerprint density at radius 1 is 1.43 bits per heavy atom. The molecule has 0 amide bonds. The molecule has 1 aromatic rings. The Morgan fingerprint density at radius 3 is 2.71 bits per heavy atom. The number of aliphatic hydroxyl groups is 2. The average Bonchev–Trinajstić information content (AvgIpc) is 2.60. The van der Waals surface area contributed by atoms with E-state index in [0.29, 0.717) is 12.3 Å². The number of hydrogen-bond acceptors (Lipinski definition) is 4. The summed E-state index contributed by atoms with van der Waals surface area (Å²) < 4.78 is 5.26. The molecule has 0 aliphatic heterocycles. The molecule has 0 saturated heterocycles. The van der Waals surface area contributed by atoms with Crippen LogP contribution in [0.5, 0.6) is 0 Å². The molecule has 4 heteroatoms. The summed E-state index contributed by atoms with van der Waals surface area (Å²) in [7, 11) is 0. The number of nitrogens with one attached hydrogen (secondary N) is 1. The molecule has 3 N–H and O–H groups in total.